The van der Waals surface area contributed by atoms with Crippen molar-refractivity contribution in [3.05, 3.63) is 65.7 Å². The monoisotopic (exact) mass is 463 g/mol. The smallest absolute Gasteiger partial charge is 0.254 e. The second kappa shape index (κ2) is 11.2. The molecule has 1 atom stereocenters. The van der Waals surface area contributed by atoms with Gasteiger partial charge in [-0.25, -0.2) is 0 Å². The van der Waals surface area contributed by atoms with E-state index in [4.69, 9.17) is 14.0 Å². The summed E-state index contributed by atoms with van der Waals surface area (Å²) in [7, 11) is 3.24. The van der Waals surface area contributed by atoms with Crippen molar-refractivity contribution in [2.75, 3.05) is 38.8 Å². The number of hydrogen-bond donors (Lipinski definition) is 0. The first-order valence-electron chi connectivity index (χ1n) is 11.8. The van der Waals surface area contributed by atoms with E-state index < -0.39 is 0 Å². The number of aromatic nitrogens is 1. The molecule has 34 heavy (non-hydrogen) atoms. The van der Waals surface area contributed by atoms with Crippen LogP contribution in [-0.2, 0) is 11.3 Å². The Bertz CT molecular complexity index is 1080. The van der Waals surface area contributed by atoms with Gasteiger partial charge in [0, 0.05) is 37.4 Å². The summed E-state index contributed by atoms with van der Waals surface area (Å²) in [4.78, 5) is 17.7. The molecule has 0 aliphatic carbocycles. The quantitative estimate of drug-likeness (QED) is 0.444. The summed E-state index contributed by atoms with van der Waals surface area (Å²) >= 11 is 0. The molecule has 4 rings (SSSR count). The van der Waals surface area contributed by atoms with Gasteiger partial charge in [0.25, 0.3) is 5.91 Å². The Morgan fingerprint density at radius 2 is 1.97 bits per heavy atom. The van der Waals surface area contributed by atoms with Crippen LogP contribution >= 0.6 is 0 Å². The largest absolute Gasteiger partial charge is 0.497 e. The van der Waals surface area contributed by atoms with Crippen molar-refractivity contribution in [1.82, 2.24) is 10.1 Å². The van der Waals surface area contributed by atoms with Gasteiger partial charge < -0.3 is 23.8 Å². The maximum Gasteiger partial charge on any atom is 0.254 e. The van der Waals surface area contributed by atoms with Gasteiger partial charge in [-0.2, -0.15) is 0 Å². The molecule has 7 heteroatoms. The lowest BCUT2D eigenvalue weighted by Gasteiger charge is -2.34. The van der Waals surface area contributed by atoms with Crippen LogP contribution in [0.1, 0.15) is 42.1 Å². The van der Waals surface area contributed by atoms with Crippen LogP contribution in [0.5, 0.6) is 5.75 Å². The van der Waals surface area contributed by atoms with Crippen LogP contribution in [0, 0.1) is 0 Å². The predicted molar refractivity (Wildman–Crippen MR) is 132 cm³/mol. The van der Waals surface area contributed by atoms with Crippen molar-refractivity contribution in [2.24, 2.45) is 0 Å². The van der Waals surface area contributed by atoms with Gasteiger partial charge in [-0.15, -0.1) is 0 Å². The molecule has 7 nitrogen and oxygen atoms in total. The zero-order valence-electron chi connectivity index (χ0n) is 20.2. The SMILES string of the molecule is COCCN(Cc1c(-c2ccccc2)noc1N1CCCC[C@@H]1C)C(=O)c1cccc(OC)c1. The van der Waals surface area contributed by atoms with Gasteiger partial charge in [-0.3, -0.25) is 4.79 Å². The molecular weight excluding hydrogens is 430 g/mol. The highest BCUT2D eigenvalue weighted by Crippen LogP contribution is 2.35. The van der Waals surface area contributed by atoms with E-state index >= 15 is 0 Å². The van der Waals surface area contributed by atoms with Crippen molar-refractivity contribution in [1.29, 1.82) is 0 Å². The molecule has 1 aliphatic rings. The van der Waals surface area contributed by atoms with Crippen LogP contribution in [0.25, 0.3) is 11.3 Å². The van der Waals surface area contributed by atoms with E-state index in [2.05, 4.69) is 17.0 Å². The number of piperidine rings is 1. The molecule has 0 saturated carbocycles. The summed E-state index contributed by atoms with van der Waals surface area (Å²) in [6, 6.07) is 17.6. The molecule has 0 bridgehead atoms. The van der Waals surface area contributed by atoms with Crippen molar-refractivity contribution >= 4 is 11.8 Å². The van der Waals surface area contributed by atoms with Crippen molar-refractivity contribution in [3.63, 3.8) is 0 Å². The molecule has 1 aliphatic heterocycles. The molecule has 1 fully saturated rings. The molecule has 0 spiro atoms. The van der Waals surface area contributed by atoms with E-state index in [9.17, 15) is 4.79 Å². The minimum Gasteiger partial charge on any atom is -0.497 e. The van der Waals surface area contributed by atoms with Crippen LogP contribution in [0.3, 0.4) is 0 Å². The highest BCUT2D eigenvalue weighted by Gasteiger charge is 2.30. The summed E-state index contributed by atoms with van der Waals surface area (Å²) in [5.74, 6) is 1.32. The number of anilines is 1. The lowest BCUT2D eigenvalue weighted by Crippen LogP contribution is -2.39. The third-order valence-corrected chi connectivity index (χ3v) is 6.40. The Morgan fingerprint density at radius 1 is 1.15 bits per heavy atom. The summed E-state index contributed by atoms with van der Waals surface area (Å²) in [6.07, 6.45) is 3.43. The van der Waals surface area contributed by atoms with E-state index in [1.807, 2.05) is 48.5 Å². The molecule has 2 aromatic carbocycles. The Hall–Kier alpha value is -3.32. The average Bonchev–Trinajstić information content (AvgIpc) is 3.30. The van der Waals surface area contributed by atoms with E-state index in [0.717, 1.165) is 42.1 Å². The normalized spacial score (nSPS) is 15.9. The molecule has 180 valence electrons. The van der Waals surface area contributed by atoms with Gasteiger partial charge in [0.2, 0.25) is 5.88 Å². The minimum absolute atomic E-state index is 0.0891. The number of methoxy groups -OCH3 is 2. The molecule has 1 aromatic heterocycles. The first-order valence-corrected chi connectivity index (χ1v) is 11.8. The Labute approximate surface area is 201 Å². The lowest BCUT2D eigenvalue weighted by molar-refractivity contribution is 0.0680. The third kappa shape index (κ3) is 5.25. The highest BCUT2D eigenvalue weighted by molar-refractivity contribution is 5.94. The maximum absolute atomic E-state index is 13.6. The fraction of sp³-hybridized carbons (Fsp3) is 0.407. The molecule has 0 unspecified atom stereocenters. The second-order valence-electron chi connectivity index (χ2n) is 8.67. The summed E-state index contributed by atoms with van der Waals surface area (Å²) in [6.45, 7) is 4.38. The standard InChI is InChI=1S/C27H33N3O4/c1-20-10-7-8-15-30(20)27-24(25(28-34-27)21-11-5-4-6-12-21)19-29(16-17-32-2)26(31)22-13-9-14-23(18-22)33-3/h4-6,9,11-14,18,20H,7-8,10,15-17,19H2,1-3H3/t20-/m0/s1. The average molecular weight is 464 g/mol. The Kier molecular flexibility index (Phi) is 7.85. The molecule has 3 aromatic rings. The number of carbonyl (C=O) groups excluding carboxylic acids is 1. The number of ether oxygens (including phenoxy) is 2. The highest BCUT2D eigenvalue weighted by atomic mass is 16.5. The number of benzene rings is 2. The second-order valence-corrected chi connectivity index (χ2v) is 8.67. The van der Waals surface area contributed by atoms with Crippen molar-refractivity contribution in [3.8, 4) is 17.0 Å². The zero-order chi connectivity index (χ0) is 23.9. The molecule has 1 amide bonds. The predicted octanol–water partition coefficient (Wildman–Crippen LogP) is 5.02. The van der Waals surface area contributed by atoms with Gasteiger partial charge in [-0.05, 0) is 44.4 Å². The Morgan fingerprint density at radius 3 is 2.71 bits per heavy atom. The van der Waals surface area contributed by atoms with Crippen LogP contribution in [0.4, 0.5) is 5.88 Å². The van der Waals surface area contributed by atoms with E-state index in [1.165, 1.54) is 6.42 Å². The Balaban J connectivity index is 1.73. The van der Waals surface area contributed by atoms with Crippen molar-refractivity contribution in [2.45, 2.75) is 38.8 Å². The van der Waals surface area contributed by atoms with E-state index in [0.29, 0.717) is 37.1 Å². The molecule has 0 radical (unpaired) electrons. The summed E-state index contributed by atoms with van der Waals surface area (Å²) in [5, 5.41) is 4.48. The third-order valence-electron chi connectivity index (χ3n) is 6.40. The van der Waals surface area contributed by atoms with Crippen LogP contribution < -0.4 is 9.64 Å². The van der Waals surface area contributed by atoms with Gasteiger partial charge in [0.05, 0.1) is 25.8 Å². The van der Waals surface area contributed by atoms with Gasteiger partial charge in [0.15, 0.2) is 0 Å². The molecule has 0 N–H and O–H groups in total. The van der Waals surface area contributed by atoms with Crippen LogP contribution in [-0.4, -0.2) is 55.9 Å². The summed E-state index contributed by atoms with van der Waals surface area (Å²) < 4.78 is 16.6. The number of carbonyl (C=O) groups is 1. The number of nitrogens with zero attached hydrogens (tertiary/aromatic N) is 3. The first-order chi connectivity index (χ1) is 16.6. The fourth-order valence-electron chi connectivity index (χ4n) is 4.47. The zero-order valence-corrected chi connectivity index (χ0v) is 20.2. The molecular formula is C27H33N3O4. The minimum atomic E-state index is -0.0891. The van der Waals surface area contributed by atoms with Crippen molar-refractivity contribution < 1.29 is 18.8 Å². The van der Waals surface area contributed by atoms with Crippen LogP contribution in [0.15, 0.2) is 59.1 Å². The number of hydrogen-bond acceptors (Lipinski definition) is 6. The van der Waals surface area contributed by atoms with Crippen LogP contribution in [0.2, 0.25) is 0 Å². The maximum atomic E-state index is 13.6. The van der Waals surface area contributed by atoms with Gasteiger partial charge in [0.1, 0.15) is 11.4 Å². The van der Waals surface area contributed by atoms with Gasteiger partial charge in [-0.1, -0.05) is 41.6 Å². The number of amides is 1. The molecule has 2 heterocycles. The van der Waals surface area contributed by atoms with E-state index in [-0.39, 0.29) is 5.91 Å². The van der Waals surface area contributed by atoms with Gasteiger partial charge >= 0.3 is 0 Å². The topological polar surface area (TPSA) is 68.0 Å². The number of rotatable bonds is 9. The lowest BCUT2D eigenvalue weighted by atomic mass is 10.0. The summed E-state index contributed by atoms with van der Waals surface area (Å²) in [5.41, 5.74) is 3.24. The first kappa shape index (κ1) is 23.8. The van der Waals surface area contributed by atoms with E-state index in [1.54, 1.807) is 25.2 Å². The fourth-order valence-corrected chi connectivity index (χ4v) is 4.47. The molecule has 1 saturated heterocycles.